The van der Waals surface area contributed by atoms with Crippen LogP contribution in [0.15, 0.2) is 30.3 Å². The van der Waals surface area contributed by atoms with Crippen molar-refractivity contribution in [1.82, 2.24) is 20.4 Å². The molecule has 2 heterocycles. The van der Waals surface area contributed by atoms with Crippen LogP contribution in [-0.4, -0.2) is 40.8 Å². The molecule has 0 unspecified atom stereocenters. The zero-order chi connectivity index (χ0) is 18.1. The van der Waals surface area contributed by atoms with Gasteiger partial charge < -0.3 is 10.2 Å². The molecular weight excluding hydrogens is 324 g/mol. The number of aromatic nitrogens is 2. The molecule has 1 aliphatic carbocycles. The molecule has 0 atom stereocenters. The van der Waals surface area contributed by atoms with Gasteiger partial charge in [0, 0.05) is 30.7 Å². The Labute approximate surface area is 154 Å². The predicted molar refractivity (Wildman–Crippen MR) is 103 cm³/mol. The molecule has 5 nitrogen and oxygen atoms in total. The minimum absolute atomic E-state index is 0.0499. The van der Waals surface area contributed by atoms with Gasteiger partial charge in [-0.3, -0.25) is 5.10 Å². The van der Waals surface area contributed by atoms with Gasteiger partial charge in [-0.25, -0.2) is 4.79 Å². The second kappa shape index (κ2) is 6.63. The van der Waals surface area contributed by atoms with Crippen LogP contribution in [0.5, 0.6) is 0 Å². The summed E-state index contributed by atoms with van der Waals surface area (Å²) < 4.78 is 0. The second-order valence-corrected chi connectivity index (χ2v) is 7.46. The van der Waals surface area contributed by atoms with Crippen LogP contribution in [0, 0.1) is 13.8 Å². The number of urea groups is 1. The Balaban J connectivity index is 1.31. The molecule has 1 spiro atoms. The molecule has 2 N–H and O–H groups in total. The SMILES string of the molecule is Cc1n[nH]c(C)c1CCNC(=O)N1CCC2(C=Cc3ccccc32)CC1. The van der Waals surface area contributed by atoms with E-state index in [1.165, 1.54) is 16.7 Å². The zero-order valence-electron chi connectivity index (χ0n) is 15.5. The van der Waals surface area contributed by atoms with Gasteiger partial charge in [-0.1, -0.05) is 36.4 Å². The van der Waals surface area contributed by atoms with Crippen LogP contribution in [0.1, 0.15) is 40.9 Å². The smallest absolute Gasteiger partial charge is 0.317 e. The fourth-order valence-electron chi connectivity index (χ4n) is 4.33. The van der Waals surface area contributed by atoms with Gasteiger partial charge in [0.2, 0.25) is 0 Å². The van der Waals surface area contributed by atoms with Gasteiger partial charge in [0.05, 0.1) is 5.69 Å². The molecule has 26 heavy (non-hydrogen) atoms. The number of piperidine rings is 1. The van der Waals surface area contributed by atoms with Crippen molar-refractivity contribution in [3.63, 3.8) is 0 Å². The zero-order valence-corrected chi connectivity index (χ0v) is 15.5. The molecule has 1 aromatic heterocycles. The quantitative estimate of drug-likeness (QED) is 0.892. The maximum Gasteiger partial charge on any atom is 0.317 e. The van der Waals surface area contributed by atoms with Gasteiger partial charge in [-0.2, -0.15) is 5.10 Å². The summed E-state index contributed by atoms with van der Waals surface area (Å²) in [7, 11) is 0. The number of nitrogens with zero attached hydrogens (tertiary/aromatic N) is 2. The normalized spacial score (nSPS) is 17.5. The largest absolute Gasteiger partial charge is 0.338 e. The lowest BCUT2D eigenvalue weighted by molar-refractivity contribution is 0.170. The molecule has 2 aliphatic rings. The van der Waals surface area contributed by atoms with Gasteiger partial charge in [0.1, 0.15) is 0 Å². The number of rotatable bonds is 3. The van der Waals surface area contributed by atoms with Gasteiger partial charge >= 0.3 is 6.03 Å². The molecule has 2 amide bonds. The van der Waals surface area contributed by atoms with E-state index in [1.54, 1.807) is 0 Å². The fraction of sp³-hybridized carbons (Fsp3) is 0.429. The maximum absolute atomic E-state index is 12.5. The third-order valence-corrected chi connectivity index (χ3v) is 5.95. The molecule has 4 rings (SSSR count). The Hall–Kier alpha value is -2.56. The van der Waals surface area contributed by atoms with Crippen molar-refractivity contribution in [3.05, 3.63) is 58.4 Å². The number of nitrogens with one attached hydrogen (secondary N) is 2. The van der Waals surface area contributed by atoms with Crippen LogP contribution >= 0.6 is 0 Å². The molecule has 1 fully saturated rings. The first kappa shape index (κ1) is 16.9. The molecule has 0 saturated carbocycles. The number of H-pyrrole nitrogens is 1. The number of amides is 2. The van der Waals surface area contributed by atoms with Gasteiger partial charge in [-0.15, -0.1) is 0 Å². The fourth-order valence-corrected chi connectivity index (χ4v) is 4.33. The lowest BCUT2D eigenvalue weighted by Crippen LogP contribution is -2.48. The van der Waals surface area contributed by atoms with Gasteiger partial charge in [0.15, 0.2) is 0 Å². The van der Waals surface area contributed by atoms with E-state index >= 15 is 0 Å². The first-order chi connectivity index (χ1) is 12.6. The van der Waals surface area contributed by atoms with Gasteiger partial charge in [0.25, 0.3) is 0 Å². The highest BCUT2D eigenvalue weighted by Gasteiger charge is 2.38. The summed E-state index contributed by atoms with van der Waals surface area (Å²) in [5.41, 5.74) is 6.18. The van der Waals surface area contributed by atoms with Crippen molar-refractivity contribution in [2.75, 3.05) is 19.6 Å². The van der Waals surface area contributed by atoms with E-state index in [2.05, 4.69) is 51.9 Å². The molecule has 1 aliphatic heterocycles. The Bertz CT molecular complexity index is 824. The number of allylic oxidation sites excluding steroid dienone is 1. The Kier molecular flexibility index (Phi) is 4.31. The minimum atomic E-state index is 0.0499. The molecule has 2 aromatic rings. The summed E-state index contributed by atoms with van der Waals surface area (Å²) in [6, 6.07) is 8.68. The monoisotopic (exact) mass is 350 g/mol. The number of hydrogen-bond donors (Lipinski definition) is 2. The first-order valence-corrected chi connectivity index (χ1v) is 9.41. The molecule has 136 valence electrons. The van der Waals surface area contributed by atoms with Crippen LogP contribution in [0.2, 0.25) is 0 Å². The number of likely N-dealkylation sites (tertiary alicyclic amines) is 1. The molecule has 1 saturated heterocycles. The van der Waals surface area contributed by atoms with E-state index in [1.807, 2.05) is 18.7 Å². The number of carbonyl (C=O) groups is 1. The van der Waals surface area contributed by atoms with Crippen molar-refractivity contribution >= 4 is 12.1 Å². The summed E-state index contributed by atoms with van der Waals surface area (Å²) in [6.45, 7) is 6.26. The molecule has 0 radical (unpaired) electrons. The summed E-state index contributed by atoms with van der Waals surface area (Å²) in [4.78, 5) is 14.5. The Morgan fingerprint density at radius 3 is 2.77 bits per heavy atom. The van der Waals surface area contributed by atoms with Crippen molar-refractivity contribution in [2.24, 2.45) is 0 Å². The third-order valence-electron chi connectivity index (χ3n) is 5.95. The van der Waals surface area contributed by atoms with Crippen LogP contribution < -0.4 is 5.32 Å². The summed E-state index contributed by atoms with van der Waals surface area (Å²) in [5.74, 6) is 0. The van der Waals surface area contributed by atoms with E-state index in [9.17, 15) is 4.79 Å². The minimum Gasteiger partial charge on any atom is -0.338 e. The summed E-state index contributed by atoms with van der Waals surface area (Å²) >= 11 is 0. The molecule has 0 bridgehead atoms. The number of benzene rings is 1. The summed E-state index contributed by atoms with van der Waals surface area (Å²) in [6.07, 6.45) is 7.38. The van der Waals surface area contributed by atoms with Crippen molar-refractivity contribution in [2.45, 2.75) is 38.5 Å². The highest BCUT2D eigenvalue weighted by molar-refractivity contribution is 5.74. The number of aromatic amines is 1. The lowest BCUT2D eigenvalue weighted by atomic mass is 9.74. The number of fused-ring (bicyclic) bond motifs is 2. The van der Waals surface area contributed by atoms with Crippen molar-refractivity contribution < 1.29 is 4.79 Å². The van der Waals surface area contributed by atoms with Crippen molar-refractivity contribution in [3.8, 4) is 0 Å². The highest BCUT2D eigenvalue weighted by atomic mass is 16.2. The second-order valence-electron chi connectivity index (χ2n) is 7.46. The first-order valence-electron chi connectivity index (χ1n) is 9.41. The molecule has 1 aromatic carbocycles. The third kappa shape index (κ3) is 2.91. The van der Waals surface area contributed by atoms with E-state index in [0.29, 0.717) is 6.54 Å². The standard InChI is InChI=1S/C21H26N4O/c1-15-18(16(2)24-23-15)8-12-22-20(26)25-13-10-21(11-14-25)9-7-17-5-3-4-6-19(17)21/h3-7,9H,8,10-14H2,1-2H3,(H,22,26)(H,23,24). The maximum atomic E-state index is 12.5. The van der Waals surface area contributed by atoms with E-state index < -0.39 is 0 Å². The number of carbonyl (C=O) groups excluding carboxylic acids is 1. The Morgan fingerprint density at radius 2 is 2.04 bits per heavy atom. The van der Waals surface area contributed by atoms with E-state index in [4.69, 9.17) is 0 Å². The topological polar surface area (TPSA) is 61.0 Å². The highest BCUT2D eigenvalue weighted by Crippen LogP contribution is 2.43. The molecular formula is C21H26N4O. The van der Waals surface area contributed by atoms with Crippen LogP contribution in [0.25, 0.3) is 6.08 Å². The van der Waals surface area contributed by atoms with Crippen LogP contribution in [0.3, 0.4) is 0 Å². The van der Waals surface area contributed by atoms with Crippen LogP contribution in [-0.2, 0) is 11.8 Å². The number of aryl methyl sites for hydroxylation is 2. The predicted octanol–water partition coefficient (Wildman–Crippen LogP) is 3.34. The van der Waals surface area contributed by atoms with Crippen LogP contribution in [0.4, 0.5) is 4.79 Å². The van der Waals surface area contributed by atoms with Gasteiger partial charge in [-0.05, 0) is 49.8 Å². The van der Waals surface area contributed by atoms with Crippen molar-refractivity contribution in [1.29, 1.82) is 0 Å². The number of hydrogen-bond acceptors (Lipinski definition) is 2. The average molecular weight is 350 g/mol. The summed E-state index contributed by atoms with van der Waals surface area (Å²) in [5, 5.41) is 10.3. The van der Waals surface area contributed by atoms with E-state index in [0.717, 1.165) is 43.7 Å². The van der Waals surface area contributed by atoms with E-state index in [-0.39, 0.29) is 11.4 Å². The Morgan fingerprint density at radius 1 is 1.27 bits per heavy atom. The average Bonchev–Trinajstić information content (AvgIpc) is 3.17. The molecule has 5 heteroatoms. The lowest BCUT2D eigenvalue weighted by Gasteiger charge is -2.39.